The third-order valence-corrected chi connectivity index (χ3v) is 5.27. The molecule has 0 spiro atoms. The van der Waals surface area contributed by atoms with E-state index in [4.69, 9.17) is 4.74 Å². The van der Waals surface area contributed by atoms with E-state index in [0.29, 0.717) is 12.4 Å². The number of rotatable bonds is 5. The zero-order valence-corrected chi connectivity index (χ0v) is 15.7. The number of likely N-dealkylation sites (tertiary alicyclic amines) is 1. The fraction of sp³-hybridized carbons (Fsp3) is 0.526. The molecule has 8 heteroatoms. The van der Waals surface area contributed by atoms with Crippen LogP contribution in [0.1, 0.15) is 30.1 Å². The number of methoxy groups -OCH3 is 1. The summed E-state index contributed by atoms with van der Waals surface area (Å²) in [5.41, 5.74) is 2.22. The van der Waals surface area contributed by atoms with Crippen molar-refractivity contribution >= 4 is 6.03 Å². The van der Waals surface area contributed by atoms with Crippen molar-refractivity contribution < 1.29 is 9.53 Å². The Bertz CT molecular complexity index is 786. The number of ether oxygens (including phenoxy) is 1. The van der Waals surface area contributed by atoms with Gasteiger partial charge in [-0.2, -0.15) is 5.10 Å². The highest BCUT2D eigenvalue weighted by atomic mass is 16.5. The summed E-state index contributed by atoms with van der Waals surface area (Å²) in [4.78, 5) is 20.9. The normalized spacial score (nSPS) is 19.7. The Balaban J connectivity index is 1.43. The summed E-state index contributed by atoms with van der Waals surface area (Å²) in [5, 5.41) is 7.57. The smallest absolute Gasteiger partial charge is 0.317 e. The van der Waals surface area contributed by atoms with E-state index >= 15 is 0 Å². The molecule has 1 saturated heterocycles. The van der Waals surface area contributed by atoms with E-state index in [1.807, 2.05) is 34.0 Å². The Kier molecular flexibility index (Phi) is 5.24. The highest BCUT2D eigenvalue weighted by Crippen LogP contribution is 2.24. The first-order chi connectivity index (χ1) is 13.2. The molecule has 27 heavy (non-hydrogen) atoms. The van der Waals surface area contributed by atoms with Crippen molar-refractivity contribution in [3.05, 3.63) is 41.9 Å². The van der Waals surface area contributed by atoms with Crippen molar-refractivity contribution in [2.75, 3.05) is 33.3 Å². The maximum absolute atomic E-state index is 12.3. The van der Waals surface area contributed by atoms with Gasteiger partial charge in [0.05, 0.1) is 18.8 Å². The number of hydrogen-bond acceptors (Lipinski definition) is 5. The molecule has 0 unspecified atom stereocenters. The summed E-state index contributed by atoms with van der Waals surface area (Å²) >= 11 is 0. The molecule has 1 fully saturated rings. The molecule has 2 aromatic heterocycles. The third-order valence-electron chi connectivity index (χ3n) is 5.27. The largest absolute Gasteiger partial charge is 0.481 e. The first kappa shape index (κ1) is 17.8. The van der Waals surface area contributed by atoms with Gasteiger partial charge < -0.3 is 15.0 Å². The number of carbonyl (C=O) groups excluding carboxylic acids is 1. The van der Waals surface area contributed by atoms with Crippen molar-refractivity contribution in [3.63, 3.8) is 0 Å². The molecule has 2 aliphatic rings. The van der Waals surface area contributed by atoms with Gasteiger partial charge in [-0.3, -0.25) is 9.58 Å². The summed E-state index contributed by atoms with van der Waals surface area (Å²) in [6.45, 7) is 4.66. The van der Waals surface area contributed by atoms with Crippen LogP contribution in [0.15, 0.2) is 30.6 Å². The molecule has 0 saturated carbocycles. The van der Waals surface area contributed by atoms with Crippen LogP contribution >= 0.6 is 0 Å². The molecule has 0 aliphatic carbocycles. The minimum atomic E-state index is 0.0345. The molecule has 0 bridgehead atoms. The highest BCUT2D eigenvalue weighted by Gasteiger charge is 2.27. The van der Waals surface area contributed by atoms with Gasteiger partial charge in [0.15, 0.2) is 0 Å². The van der Waals surface area contributed by atoms with Crippen LogP contribution in [0.2, 0.25) is 0 Å². The number of nitrogens with one attached hydrogen (secondary N) is 1. The Morgan fingerprint density at radius 1 is 1.30 bits per heavy atom. The lowest BCUT2D eigenvalue weighted by Crippen LogP contribution is -2.45. The second-order valence-corrected chi connectivity index (χ2v) is 7.14. The Morgan fingerprint density at radius 2 is 2.15 bits per heavy atom. The van der Waals surface area contributed by atoms with E-state index in [9.17, 15) is 4.79 Å². The minimum Gasteiger partial charge on any atom is -0.481 e. The average Bonchev–Trinajstić information content (AvgIpc) is 3.38. The molecule has 144 valence electrons. The van der Waals surface area contributed by atoms with Crippen LogP contribution in [0, 0.1) is 0 Å². The fourth-order valence-electron chi connectivity index (χ4n) is 3.94. The van der Waals surface area contributed by atoms with Gasteiger partial charge in [0.25, 0.3) is 0 Å². The fourth-order valence-corrected chi connectivity index (χ4v) is 3.94. The van der Waals surface area contributed by atoms with Gasteiger partial charge in [0.1, 0.15) is 0 Å². The number of hydrogen-bond donors (Lipinski definition) is 1. The monoisotopic (exact) mass is 370 g/mol. The summed E-state index contributed by atoms with van der Waals surface area (Å²) < 4.78 is 7.43. The van der Waals surface area contributed by atoms with Crippen molar-refractivity contribution in [1.82, 2.24) is 29.9 Å². The molecule has 1 atom stereocenters. The van der Waals surface area contributed by atoms with Crippen LogP contribution in [-0.2, 0) is 13.1 Å². The van der Waals surface area contributed by atoms with Crippen LogP contribution in [0.3, 0.4) is 0 Å². The lowest BCUT2D eigenvalue weighted by atomic mass is 10.1. The molecule has 2 aromatic rings. The SMILES string of the molecule is COc1ncccc1CN1Cc2ccnn2[C@@H](CNC(=O)N2CCCC2)C1. The van der Waals surface area contributed by atoms with Crippen molar-refractivity contribution in [3.8, 4) is 5.88 Å². The topological polar surface area (TPSA) is 75.5 Å². The zero-order chi connectivity index (χ0) is 18.6. The van der Waals surface area contributed by atoms with Gasteiger partial charge >= 0.3 is 6.03 Å². The molecular weight excluding hydrogens is 344 g/mol. The Hall–Kier alpha value is -2.61. The molecule has 8 nitrogen and oxygen atoms in total. The second-order valence-electron chi connectivity index (χ2n) is 7.14. The number of nitrogens with zero attached hydrogens (tertiary/aromatic N) is 5. The molecule has 2 aliphatic heterocycles. The number of pyridine rings is 1. The van der Waals surface area contributed by atoms with E-state index in [0.717, 1.165) is 56.8 Å². The lowest BCUT2D eigenvalue weighted by Gasteiger charge is -2.34. The van der Waals surface area contributed by atoms with Gasteiger partial charge in [0, 0.05) is 57.2 Å². The molecule has 0 aromatic carbocycles. The van der Waals surface area contributed by atoms with Crippen LogP contribution in [0.5, 0.6) is 5.88 Å². The van der Waals surface area contributed by atoms with Gasteiger partial charge in [-0.25, -0.2) is 9.78 Å². The summed E-state index contributed by atoms with van der Waals surface area (Å²) in [5.74, 6) is 0.662. The zero-order valence-electron chi connectivity index (χ0n) is 15.7. The maximum Gasteiger partial charge on any atom is 0.317 e. The number of aromatic nitrogens is 3. The maximum atomic E-state index is 12.3. The molecule has 0 radical (unpaired) electrons. The van der Waals surface area contributed by atoms with Crippen LogP contribution in [0.4, 0.5) is 4.79 Å². The van der Waals surface area contributed by atoms with Gasteiger partial charge in [-0.05, 0) is 25.0 Å². The predicted octanol–water partition coefficient (Wildman–Crippen LogP) is 1.65. The predicted molar refractivity (Wildman–Crippen MR) is 100 cm³/mol. The minimum absolute atomic E-state index is 0.0345. The van der Waals surface area contributed by atoms with Gasteiger partial charge in [-0.15, -0.1) is 0 Å². The number of urea groups is 1. The van der Waals surface area contributed by atoms with Crippen LogP contribution in [-0.4, -0.2) is 63.9 Å². The summed E-state index contributed by atoms with van der Waals surface area (Å²) in [7, 11) is 1.65. The standard InChI is InChI=1S/C19H26N6O2/c1-27-18-15(5-4-7-20-18)12-23-13-16-6-8-22-25(16)17(14-23)11-21-19(26)24-9-2-3-10-24/h4-8,17H,2-3,9-14H2,1H3,(H,21,26)/t17-/m0/s1. The Labute approximate surface area is 159 Å². The number of fused-ring (bicyclic) bond motifs is 1. The highest BCUT2D eigenvalue weighted by molar-refractivity contribution is 5.74. The molecule has 4 heterocycles. The summed E-state index contributed by atoms with van der Waals surface area (Å²) in [6.07, 6.45) is 5.77. The van der Waals surface area contributed by atoms with Crippen LogP contribution in [0.25, 0.3) is 0 Å². The van der Waals surface area contributed by atoms with Gasteiger partial charge in [0.2, 0.25) is 5.88 Å². The molecule has 4 rings (SSSR count). The van der Waals surface area contributed by atoms with Crippen molar-refractivity contribution in [1.29, 1.82) is 0 Å². The van der Waals surface area contributed by atoms with E-state index in [2.05, 4.69) is 20.3 Å². The van der Waals surface area contributed by atoms with Crippen molar-refractivity contribution in [2.45, 2.75) is 32.0 Å². The third kappa shape index (κ3) is 3.90. The van der Waals surface area contributed by atoms with E-state index in [1.165, 1.54) is 0 Å². The first-order valence-electron chi connectivity index (χ1n) is 9.50. The number of amides is 2. The van der Waals surface area contributed by atoms with Crippen LogP contribution < -0.4 is 10.1 Å². The van der Waals surface area contributed by atoms with E-state index < -0.39 is 0 Å². The van der Waals surface area contributed by atoms with Crippen molar-refractivity contribution in [2.24, 2.45) is 0 Å². The average molecular weight is 370 g/mol. The molecule has 1 N–H and O–H groups in total. The Morgan fingerprint density at radius 3 is 2.96 bits per heavy atom. The first-order valence-corrected chi connectivity index (χ1v) is 9.50. The number of carbonyl (C=O) groups is 1. The van der Waals surface area contributed by atoms with Gasteiger partial charge in [-0.1, -0.05) is 6.07 Å². The molecule has 2 amide bonds. The second kappa shape index (κ2) is 7.96. The molecular formula is C19H26N6O2. The van der Waals surface area contributed by atoms with E-state index in [1.54, 1.807) is 13.3 Å². The lowest BCUT2D eigenvalue weighted by molar-refractivity contribution is 0.159. The summed E-state index contributed by atoms with van der Waals surface area (Å²) in [6, 6.07) is 6.16. The quantitative estimate of drug-likeness (QED) is 0.866. The van der Waals surface area contributed by atoms with E-state index in [-0.39, 0.29) is 12.1 Å².